The van der Waals surface area contributed by atoms with Crippen LogP contribution in [0.3, 0.4) is 0 Å². The molecule has 0 aliphatic carbocycles. The minimum atomic E-state index is -3.39. The second-order valence-electron chi connectivity index (χ2n) is 4.38. The van der Waals surface area contributed by atoms with E-state index in [1.165, 1.54) is 24.3 Å². The van der Waals surface area contributed by atoms with E-state index in [1.807, 2.05) is 0 Å². The molecule has 1 unspecified atom stereocenters. The van der Waals surface area contributed by atoms with Crippen molar-refractivity contribution in [1.29, 1.82) is 0 Å². The van der Waals surface area contributed by atoms with Crippen molar-refractivity contribution in [3.8, 4) is 0 Å². The molecule has 0 saturated heterocycles. The van der Waals surface area contributed by atoms with Gasteiger partial charge in [-0.2, -0.15) is 0 Å². The molecule has 20 heavy (non-hydrogen) atoms. The van der Waals surface area contributed by atoms with E-state index < -0.39 is 15.9 Å². The average Bonchev–Trinajstić information content (AvgIpc) is 2.43. The van der Waals surface area contributed by atoms with E-state index in [0.717, 1.165) is 0 Å². The highest BCUT2D eigenvalue weighted by Gasteiger charge is 2.14. The van der Waals surface area contributed by atoms with Gasteiger partial charge in [-0.25, -0.2) is 8.42 Å². The topological polar surface area (TPSA) is 125 Å². The zero-order valence-electron chi connectivity index (χ0n) is 11.2. The number of oxime groups is 1. The van der Waals surface area contributed by atoms with Crippen LogP contribution < -0.4 is 11.1 Å². The van der Waals surface area contributed by atoms with Gasteiger partial charge in [0.25, 0.3) is 0 Å². The van der Waals surface area contributed by atoms with Gasteiger partial charge in [-0.1, -0.05) is 5.16 Å². The molecular weight excluding hydrogens is 282 g/mol. The molecule has 0 saturated carbocycles. The van der Waals surface area contributed by atoms with Gasteiger partial charge in [0.1, 0.15) is 0 Å². The minimum Gasteiger partial charge on any atom is -0.409 e. The van der Waals surface area contributed by atoms with Crippen molar-refractivity contribution < 1.29 is 18.7 Å². The van der Waals surface area contributed by atoms with Gasteiger partial charge >= 0.3 is 0 Å². The molecule has 8 heteroatoms. The van der Waals surface area contributed by atoms with Gasteiger partial charge in [0.15, 0.2) is 15.7 Å². The molecular formula is C12H19N3O4S. The Balaban J connectivity index is 2.68. The Morgan fingerprint density at radius 3 is 2.50 bits per heavy atom. The Kier molecular flexibility index (Phi) is 5.93. The van der Waals surface area contributed by atoms with Crippen LogP contribution in [-0.2, 0) is 9.84 Å². The Morgan fingerprint density at radius 1 is 1.40 bits per heavy atom. The molecule has 0 spiro atoms. The molecule has 1 aromatic carbocycles. The Morgan fingerprint density at radius 2 is 2.00 bits per heavy atom. The largest absolute Gasteiger partial charge is 0.409 e. The van der Waals surface area contributed by atoms with Crippen LogP contribution in [0.15, 0.2) is 34.3 Å². The molecule has 0 amide bonds. The van der Waals surface area contributed by atoms with Crippen LogP contribution in [0.4, 0.5) is 0 Å². The highest BCUT2D eigenvalue weighted by molar-refractivity contribution is 7.91. The molecule has 0 bridgehead atoms. The molecule has 112 valence electrons. The molecule has 0 heterocycles. The van der Waals surface area contributed by atoms with Crippen molar-refractivity contribution in [2.75, 3.05) is 18.8 Å². The quantitative estimate of drug-likeness (QED) is 0.177. The summed E-state index contributed by atoms with van der Waals surface area (Å²) < 4.78 is 24.0. The summed E-state index contributed by atoms with van der Waals surface area (Å²) in [6.07, 6.45) is -0.516. The number of amidine groups is 1. The fourth-order valence-electron chi connectivity index (χ4n) is 1.53. The third kappa shape index (κ3) is 4.80. The first-order valence-electron chi connectivity index (χ1n) is 6.06. The van der Waals surface area contributed by atoms with E-state index in [0.29, 0.717) is 12.1 Å². The predicted octanol–water partition coefficient (Wildman–Crippen LogP) is -0.475. The zero-order valence-corrected chi connectivity index (χ0v) is 12.0. The first kappa shape index (κ1) is 16.4. The fourth-order valence-corrected chi connectivity index (χ4v) is 2.73. The first-order valence-corrected chi connectivity index (χ1v) is 7.71. The second-order valence-corrected chi connectivity index (χ2v) is 6.49. The smallest absolute Gasteiger partial charge is 0.179 e. The molecule has 1 atom stereocenters. The zero-order chi connectivity index (χ0) is 15.2. The van der Waals surface area contributed by atoms with E-state index in [-0.39, 0.29) is 23.0 Å². The second kappa shape index (κ2) is 7.22. The van der Waals surface area contributed by atoms with E-state index in [1.54, 1.807) is 6.92 Å². The van der Waals surface area contributed by atoms with Crippen LogP contribution in [0.2, 0.25) is 0 Å². The van der Waals surface area contributed by atoms with Gasteiger partial charge in [0.2, 0.25) is 0 Å². The molecule has 0 aromatic heterocycles. The number of rotatable bonds is 7. The predicted molar refractivity (Wildman–Crippen MR) is 75.6 cm³/mol. The lowest BCUT2D eigenvalue weighted by Crippen LogP contribution is -2.29. The summed E-state index contributed by atoms with van der Waals surface area (Å²) in [5, 5.41) is 23.3. The SMILES string of the molecule is CC(O)CNCCS(=O)(=O)c1ccc(/C(N)=N/O)cc1. The molecule has 0 aliphatic heterocycles. The number of sulfone groups is 1. The lowest BCUT2D eigenvalue weighted by atomic mass is 10.2. The summed E-state index contributed by atoms with van der Waals surface area (Å²) in [7, 11) is -3.39. The maximum Gasteiger partial charge on any atom is 0.179 e. The van der Waals surface area contributed by atoms with Crippen molar-refractivity contribution in [3.05, 3.63) is 29.8 Å². The summed E-state index contributed by atoms with van der Waals surface area (Å²) in [6, 6.07) is 5.78. The molecule has 0 fully saturated rings. The summed E-state index contributed by atoms with van der Waals surface area (Å²) >= 11 is 0. The third-order valence-corrected chi connectivity index (χ3v) is 4.34. The normalized spacial score (nSPS) is 14.2. The Labute approximate surface area is 118 Å². The Bertz CT molecular complexity index is 553. The van der Waals surface area contributed by atoms with Gasteiger partial charge in [0.05, 0.1) is 16.8 Å². The minimum absolute atomic E-state index is 0.0668. The number of nitrogens with two attached hydrogens (primary N) is 1. The van der Waals surface area contributed by atoms with Crippen LogP contribution in [0.5, 0.6) is 0 Å². The van der Waals surface area contributed by atoms with Gasteiger partial charge in [-0.3, -0.25) is 0 Å². The van der Waals surface area contributed by atoms with Crippen LogP contribution in [0, 0.1) is 0 Å². The van der Waals surface area contributed by atoms with Crippen molar-refractivity contribution in [2.45, 2.75) is 17.9 Å². The van der Waals surface area contributed by atoms with Gasteiger partial charge in [0, 0.05) is 18.7 Å². The number of aliphatic hydroxyl groups is 1. The summed E-state index contributed by atoms with van der Waals surface area (Å²) in [5.41, 5.74) is 5.84. The maximum atomic E-state index is 12.0. The molecule has 0 radical (unpaired) electrons. The van der Waals surface area contributed by atoms with Crippen molar-refractivity contribution in [3.63, 3.8) is 0 Å². The van der Waals surface area contributed by atoms with Gasteiger partial charge in [-0.05, 0) is 31.2 Å². The monoisotopic (exact) mass is 301 g/mol. The van der Waals surface area contributed by atoms with E-state index in [9.17, 15) is 8.42 Å². The van der Waals surface area contributed by atoms with E-state index in [4.69, 9.17) is 16.0 Å². The Hall–Kier alpha value is -1.64. The standard InChI is InChI=1S/C12H19N3O4S/c1-9(16)8-14-6-7-20(18,19)11-4-2-10(3-5-11)12(13)15-17/h2-5,9,14,16-17H,6-8H2,1H3,(H2,13,15). The van der Waals surface area contributed by atoms with Gasteiger partial charge in [-0.15, -0.1) is 0 Å². The van der Waals surface area contributed by atoms with Crippen molar-refractivity contribution >= 4 is 15.7 Å². The highest BCUT2D eigenvalue weighted by Crippen LogP contribution is 2.12. The van der Waals surface area contributed by atoms with Crippen molar-refractivity contribution in [2.24, 2.45) is 10.9 Å². The van der Waals surface area contributed by atoms with Crippen molar-refractivity contribution in [1.82, 2.24) is 5.32 Å². The fraction of sp³-hybridized carbons (Fsp3) is 0.417. The van der Waals surface area contributed by atoms with Crippen LogP contribution >= 0.6 is 0 Å². The summed E-state index contributed by atoms with van der Waals surface area (Å²) in [6.45, 7) is 2.22. The van der Waals surface area contributed by atoms with Crippen LogP contribution in [0.25, 0.3) is 0 Å². The highest BCUT2D eigenvalue weighted by atomic mass is 32.2. The molecule has 7 nitrogen and oxygen atoms in total. The number of benzene rings is 1. The number of hydrogen-bond acceptors (Lipinski definition) is 6. The summed E-state index contributed by atoms with van der Waals surface area (Å²) in [5.74, 6) is -0.143. The van der Waals surface area contributed by atoms with Crippen LogP contribution in [0.1, 0.15) is 12.5 Å². The number of aliphatic hydroxyl groups excluding tert-OH is 1. The van der Waals surface area contributed by atoms with E-state index in [2.05, 4.69) is 10.5 Å². The number of nitrogens with zero attached hydrogens (tertiary/aromatic N) is 1. The number of nitrogens with one attached hydrogen (secondary N) is 1. The summed E-state index contributed by atoms with van der Waals surface area (Å²) in [4.78, 5) is 0.172. The molecule has 1 aromatic rings. The van der Waals surface area contributed by atoms with E-state index >= 15 is 0 Å². The third-order valence-electron chi connectivity index (χ3n) is 2.60. The van der Waals surface area contributed by atoms with Gasteiger partial charge < -0.3 is 21.4 Å². The number of hydrogen-bond donors (Lipinski definition) is 4. The lowest BCUT2D eigenvalue weighted by molar-refractivity contribution is 0.192. The average molecular weight is 301 g/mol. The van der Waals surface area contributed by atoms with Crippen LogP contribution in [-0.4, -0.2) is 49.5 Å². The lowest BCUT2D eigenvalue weighted by Gasteiger charge is -2.08. The molecule has 5 N–H and O–H groups in total. The molecule has 1 rings (SSSR count). The first-order chi connectivity index (χ1) is 9.36. The molecule has 0 aliphatic rings. The maximum absolute atomic E-state index is 12.0.